The van der Waals surface area contributed by atoms with Crippen molar-refractivity contribution in [2.24, 2.45) is 0 Å². The monoisotopic (exact) mass is 392 g/mol. The molecule has 0 saturated carbocycles. The zero-order valence-electron chi connectivity index (χ0n) is 6.13. The summed E-state index contributed by atoms with van der Waals surface area (Å²) in [4.78, 5) is 17.4. The average molecular weight is 392 g/mol. The van der Waals surface area contributed by atoms with Crippen molar-refractivity contribution < 1.29 is 52.8 Å². The molecule has 7 heteroatoms. The van der Waals surface area contributed by atoms with E-state index in [-0.39, 0.29) is 11.0 Å². The molecule has 0 aromatic carbocycles. The number of hydrogen-bond donors (Lipinski definition) is 0. The SMILES string of the molecule is C[C-]=O.C[C-]=O.O.O.[O]=[U+2]=[O]. The van der Waals surface area contributed by atoms with Crippen LogP contribution in [0.25, 0.3) is 0 Å². The molecule has 0 atom stereocenters. The van der Waals surface area contributed by atoms with Gasteiger partial charge >= 0.3 is 32.3 Å². The van der Waals surface area contributed by atoms with E-state index in [0.29, 0.717) is 0 Å². The molecule has 0 unspecified atom stereocenters. The summed E-state index contributed by atoms with van der Waals surface area (Å²) in [5.41, 5.74) is 0. The third-order valence-electron chi connectivity index (χ3n) is 0. The topological polar surface area (TPSA) is 131 Å². The van der Waals surface area contributed by atoms with Gasteiger partial charge in [0.25, 0.3) is 0 Å². The Balaban J connectivity index is -0.0000000150. The third kappa shape index (κ3) is 80000. The summed E-state index contributed by atoms with van der Waals surface area (Å²) in [6.45, 7) is 2.64. The van der Waals surface area contributed by atoms with Crippen molar-refractivity contribution in [1.29, 1.82) is 0 Å². The van der Waals surface area contributed by atoms with E-state index < -0.39 is 27.8 Å². The molecule has 66 valence electrons. The summed E-state index contributed by atoms with van der Waals surface area (Å²) in [6, 6.07) is 0. The van der Waals surface area contributed by atoms with Gasteiger partial charge in [-0.05, 0) is 0 Å². The van der Waals surface area contributed by atoms with Crippen molar-refractivity contribution in [2.45, 2.75) is 13.8 Å². The van der Waals surface area contributed by atoms with Gasteiger partial charge in [-0.15, -0.1) is 0 Å². The van der Waals surface area contributed by atoms with Crippen LogP contribution in [-0.4, -0.2) is 23.5 Å². The molecule has 0 fully saturated rings. The maximum absolute atomic E-state index is 8.68. The first-order valence-electron chi connectivity index (χ1n) is 1.82. The van der Waals surface area contributed by atoms with Crippen LogP contribution in [0.4, 0.5) is 0 Å². The number of rotatable bonds is 0. The standard InChI is InChI=1S/2C2H3O.2H2O.2O.U/c2*1-2-3;;;;;/h2*1H3;2*1H2;;;/q2*-1;;;;;+2. The van der Waals surface area contributed by atoms with Crippen LogP contribution in [0.5, 0.6) is 0 Å². The molecule has 0 aliphatic rings. The second-order valence-corrected chi connectivity index (χ2v) is 1.19. The summed E-state index contributed by atoms with van der Waals surface area (Å²) < 4.78 is 17.2. The zero-order chi connectivity index (χ0) is 8.12. The summed E-state index contributed by atoms with van der Waals surface area (Å²) in [6.07, 6.45) is 3.00. The Labute approximate surface area is 79.2 Å². The Hall–Kier alpha value is -0.0881. The first kappa shape index (κ1) is 30.7. The molecule has 0 bridgehead atoms. The van der Waals surface area contributed by atoms with Crippen LogP contribution in [0.3, 0.4) is 0 Å². The van der Waals surface area contributed by atoms with Crippen molar-refractivity contribution in [3.8, 4) is 0 Å². The first-order valence-corrected chi connectivity index (χ1v) is 5.22. The Kier molecular flexibility index (Phi) is 259. The van der Waals surface area contributed by atoms with Gasteiger partial charge in [-0.3, -0.25) is 12.6 Å². The molecule has 11 heavy (non-hydrogen) atoms. The van der Waals surface area contributed by atoms with E-state index in [0.717, 1.165) is 0 Å². The quantitative estimate of drug-likeness (QED) is 0.457. The molecule has 0 rings (SSSR count). The predicted octanol–water partition coefficient (Wildman–Crippen LogP) is -1.66. The molecule has 0 aliphatic heterocycles. The zero-order valence-corrected chi connectivity index (χ0v) is 10.3. The maximum atomic E-state index is 8.68. The van der Waals surface area contributed by atoms with Gasteiger partial charge in [-0.2, -0.15) is 13.8 Å². The van der Waals surface area contributed by atoms with E-state index in [1.54, 1.807) is 0 Å². The number of carbonyl (C=O) groups excluding carboxylic acids is 2. The van der Waals surface area contributed by atoms with E-state index in [1.807, 2.05) is 0 Å². The summed E-state index contributed by atoms with van der Waals surface area (Å²) in [7, 11) is 0. The van der Waals surface area contributed by atoms with E-state index in [4.69, 9.17) is 14.1 Å². The Morgan fingerprint density at radius 1 is 0.909 bits per heavy atom. The molecule has 6 nitrogen and oxygen atoms in total. The fraction of sp³-hybridized carbons (Fsp3) is 0.500. The van der Waals surface area contributed by atoms with Gasteiger partial charge in [-0.1, -0.05) is 0 Å². The van der Waals surface area contributed by atoms with Crippen molar-refractivity contribution in [2.75, 3.05) is 0 Å². The molecule has 0 aromatic heterocycles. The molecule has 0 radical (unpaired) electrons. The van der Waals surface area contributed by atoms with Gasteiger partial charge < -0.3 is 20.5 Å². The van der Waals surface area contributed by atoms with Crippen LogP contribution in [-0.2, 0) is 14.1 Å². The van der Waals surface area contributed by atoms with E-state index >= 15 is 0 Å². The van der Waals surface area contributed by atoms with Crippen molar-refractivity contribution in [3.63, 3.8) is 0 Å². The van der Waals surface area contributed by atoms with Gasteiger partial charge in [0.1, 0.15) is 0 Å². The molecular formula is C4H10O6U. The number of hydrogen-bond acceptors (Lipinski definition) is 4. The minimum atomic E-state index is -2.51. The summed E-state index contributed by atoms with van der Waals surface area (Å²) in [5, 5.41) is 0. The van der Waals surface area contributed by atoms with Gasteiger partial charge in [-0.25, -0.2) is 0 Å². The Morgan fingerprint density at radius 3 is 0.909 bits per heavy atom. The first-order chi connectivity index (χ1) is 4.24. The van der Waals surface area contributed by atoms with Crippen molar-refractivity contribution >= 4 is 12.6 Å². The Bertz CT molecular complexity index is 80.6. The van der Waals surface area contributed by atoms with Crippen LogP contribution >= 0.6 is 0 Å². The normalized spacial score (nSPS) is 3.09. The second kappa shape index (κ2) is 92.8. The molecule has 0 amide bonds. The van der Waals surface area contributed by atoms with E-state index in [2.05, 4.69) is 0 Å². The molecule has 0 heterocycles. The van der Waals surface area contributed by atoms with Crippen LogP contribution in [0, 0.1) is 27.8 Å². The van der Waals surface area contributed by atoms with E-state index in [9.17, 15) is 0 Å². The van der Waals surface area contributed by atoms with Gasteiger partial charge in [0.05, 0.1) is 0 Å². The average Bonchev–Trinajstić information content (AvgIpc) is 1.70. The molecule has 0 saturated heterocycles. The van der Waals surface area contributed by atoms with Crippen LogP contribution in [0.15, 0.2) is 0 Å². The Morgan fingerprint density at radius 2 is 0.909 bits per heavy atom. The summed E-state index contributed by atoms with van der Waals surface area (Å²) >= 11 is -2.51. The van der Waals surface area contributed by atoms with Crippen molar-refractivity contribution in [3.05, 3.63) is 0 Å². The molecule has 0 spiro atoms. The molecule has 4 N–H and O–H groups in total. The molecule has 0 aliphatic carbocycles. The minimum absolute atomic E-state index is 0. The fourth-order valence-corrected chi connectivity index (χ4v) is 0. The van der Waals surface area contributed by atoms with E-state index in [1.165, 1.54) is 26.4 Å². The summed E-state index contributed by atoms with van der Waals surface area (Å²) in [5.74, 6) is 0. The van der Waals surface area contributed by atoms with Crippen LogP contribution < -0.4 is 0 Å². The third-order valence-corrected chi connectivity index (χ3v) is 0. The van der Waals surface area contributed by atoms with Crippen molar-refractivity contribution in [1.82, 2.24) is 0 Å². The predicted molar refractivity (Wildman–Crippen MR) is 31.3 cm³/mol. The fourth-order valence-electron chi connectivity index (χ4n) is 0. The van der Waals surface area contributed by atoms with Gasteiger partial charge in [0.2, 0.25) is 0 Å². The second-order valence-electron chi connectivity index (χ2n) is 0.492. The van der Waals surface area contributed by atoms with Gasteiger partial charge in [0.15, 0.2) is 0 Å². The van der Waals surface area contributed by atoms with Crippen LogP contribution in [0.2, 0.25) is 0 Å². The van der Waals surface area contributed by atoms with Crippen LogP contribution in [0.1, 0.15) is 13.8 Å². The van der Waals surface area contributed by atoms with Gasteiger partial charge in [0, 0.05) is 0 Å². The molecule has 0 aromatic rings. The molecular weight excluding hydrogens is 382 g/mol.